The molecule has 7 heteroatoms. The molecule has 2 rings (SSSR count). The third kappa shape index (κ3) is 3.34. The van der Waals surface area contributed by atoms with Crippen molar-refractivity contribution in [2.45, 2.75) is 25.7 Å². The van der Waals surface area contributed by atoms with Crippen LogP contribution in [0.25, 0.3) is 0 Å². The standard InChI is InChI=1S/C13H17F3N2O2/c1-8-6-18(2-3-20-8)7-9-4-10(13(14,15)16)12(19)11(17)5-9/h4-5,8,19H,2-3,6-7,17H2,1H3. The zero-order chi connectivity index (χ0) is 14.9. The topological polar surface area (TPSA) is 58.7 Å². The van der Waals surface area contributed by atoms with Crippen molar-refractivity contribution in [3.8, 4) is 5.75 Å². The summed E-state index contributed by atoms with van der Waals surface area (Å²) in [6.45, 7) is 4.13. The predicted octanol–water partition coefficient (Wildman–Crippen LogP) is 2.21. The summed E-state index contributed by atoms with van der Waals surface area (Å²) in [5.74, 6) is -0.906. The number of nitrogens with two attached hydrogens (primary N) is 1. The molecule has 1 aliphatic rings. The van der Waals surface area contributed by atoms with Crippen LogP contribution in [0.3, 0.4) is 0 Å². The van der Waals surface area contributed by atoms with Gasteiger partial charge in [-0.3, -0.25) is 4.90 Å². The monoisotopic (exact) mass is 290 g/mol. The fourth-order valence-electron chi connectivity index (χ4n) is 2.32. The lowest BCUT2D eigenvalue weighted by molar-refractivity contribution is -0.138. The number of nitrogens with zero attached hydrogens (tertiary/aromatic N) is 1. The van der Waals surface area contributed by atoms with E-state index in [9.17, 15) is 18.3 Å². The molecular weight excluding hydrogens is 273 g/mol. The summed E-state index contributed by atoms with van der Waals surface area (Å²) in [6, 6.07) is 2.33. The third-order valence-electron chi connectivity index (χ3n) is 3.24. The molecule has 0 bridgehead atoms. The van der Waals surface area contributed by atoms with Crippen molar-refractivity contribution >= 4 is 5.69 Å². The molecule has 0 radical (unpaired) electrons. The zero-order valence-corrected chi connectivity index (χ0v) is 11.1. The summed E-state index contributed by atoms with van der Waals surface area (Å²) in [6.07, 6.45) is -4.56. The van der Waals surface area contributed by atoms with Gasteiger partial charge in [-0.25, -0.2) is 0 Å². The van der Waals surface area contributed by atoms with Gasteiger partial charge < -0.3 is 15.6 Å². The fraction of sp³-hybridized carbons (Fsp3) is 0.538. The molecule has 112 valence electrons. The molecule has 1 aliphatic heterocycles. The van der Waals surface area contributed by atoms with Crippen LogP contribution in [0.2, 0.25) is 0 Å². The Morgan fingerprint density at radius 3 is 2.75 bits per heavy atom. The van der Waals surface area contributed by atoms with Crippen molar-refractivity contribution in [1.82, 2.24) is 4.90 Å². The van der Waals surface area contributed by atoms with Crippen LogP contribution in [-0.4, -0.2) is 35.8 Å². The Bertz CT molecular complexity index is 491. The number of anilines is 1. The molecule has 1 unspecified atom stereocenters. The van der Waals surface area contributed by atoms with Gasteiger partial charge in [0, 0.05) is 19.6 Å². The van der Waals surface area contributed by atoms with Gasteiger partial charge in [-0.05, 0) is 24.6 Å². The molecule has 20 heavy (non-hydrogen) atoms. The lowest BCUT2D eigenvalue weighted by Crippen LogP contribution is -2.40. The molecule has 0 spiro atoms. The fourth-order valence-corrected chi connectivity index (χ4v) is 2.32. The number of phenolic OH excluding ortho intramolecular Hbond substituents is 1. The highest BCUT2D eigenvalue weighted by atomic mass is 19.4. The average molecular weight is 290 g/mol. The van der Waals surface area contributed by atoms with Crippen molar-refractivity contribution in [3.05, 3.63) is 23.3 Å². The van der Waals surface area contributed by atoms with E-state index in [2.05, 4.69) is 0 Å². The molecule has 3 N–H and O–H groups in total. The number of nitrogen functional groups attached to an aromatic ring is 1. The molecule has 0 amide bonds. The number of phenols is 1. The first-order chi connectivity index (χ1) is 9.27. The number of alkyl halides is 3. The maximum absolute atomic E-state index is 12.8. The van der Waals surface area contributed by atoms with Gasteiger partial charge in [-0.15, -0.1) is 0 Å². The molecule has 1 heterocycles. The van der Waals surface area contributed by atoms with Gasteiger partial charge in [0.1, 0.15) is 0 Å². The van der Waals surface area contributed by atoms with E-state index in [4.69, 9.17) is 10.5 Å². The predicted molar refractivity (Wildman–Crippen MR) is 68.2 cm³/mol. The van der Waals surface area contributed by atoms with E-state index in [-0.39, 0.29) is 11.8 Å². The van der Waals surface area contributed by atoms with E-state index < -0.39 is 17.5 Å². The lowest BCUT2D eigenvalue weighted by atomic mass is 10.1. The van der Waals surface area contributed by atoms with Crippen molar-refractivity contribution in [1.29, 1.82) is 0 Å². The third-order valence-corrected chi connectivity index (χ3v) is 3.24. The number of hydrogen-bond acceptors (Lipinski definition) is 4. The molecule has 1 aromatic carbocycles. The Morgan fingerprint density at radius 2 is 2.15 bits per heavy atom. The minimum atomic E-state index is -4.62. The maximum atomic E-state index is 12.8. The molecule has 4 nitrogen and oxygen atoms in total. The van der Waals surface area contributed by atoms with Crippen LogP contribution < -0.4 is 5.73 Å². The number of benzene rings is 1. The van der Waals surface area contributed by atoms with Gasteiger partial charge in [0.15, 0.2) is 5.75 Å². The summed E-state index contributed by atoms with van der Waals surface area (Å²) in [5, 5.41) is 9.43. The van der Waals surface area contributed by atoms with Crippen molar-refractivity contribution < 1.29 is 23.0 Å². The Morgan fingerprint density at radius 1 is 1.45 bits per heavy atom. The Balaban J connectivity index is 2.22. The van der Waals surface area contributed by atoms with Gasteiger partial charge in [0.25, 0.3) is 0 Å². The molecule has 1 aromatic rings. The van der Waals surface area contributed by atoms with Crippen LogP contribution in [0, 0.1) is 0 Å². The van der Waals surface area contributed by atoms with E-state index >= 15 is 0 Å². The summed E-state index contributed by atoms with van der Waals surface area (Å²) in [5.41, 5.74) is 4.55. The van der Waals surface area contributed by atoms with Crippen molar-refractivity contribution in [3.63, 3.8) is 0 Å². The van der Waals surface area contributed by atoms with E-state index in [0.717, 1.165) is 6.07 Å². The van der Waals surface area contributed by atoms with Crippen LogP contribution >= 0.6 is 0 Å². The normalized spacial score (nSPS) is 21.1. The Hall–Kier alpha value is -1.47. The molecule has 1 atom stereocenters. The van der Waals surface area contributed by atoms with Crippen LogP contribution in [0.15, 0.2) is 12.1 Å². The number of aromatic hydroxyl groups is 1. The number of rotatable bonds is 2. The second-order valence-electron chi connectivity index (χ2n) is 5.00. The van der Waals surface area contributed by atoms with Gasteiger partial charge in [0.05, 0.1) is 24.0 Å². The van der Waals surface area contributed by atoms with Crippen LogP contribution in [0.5, 0.6) is 5.75 Å². The minimum Gasteiger partial charge on any atom is -0.505 e. The molecule has 1 saturated heterocycles. The van der Waals surface area contributed by atoms with E-state index in [0.29, 0.717) is 31.8 Å². The van der Waals surface area contributed by atoms with Crippen LogP contribution in [-0.2, 0) is 17.5 Å². The number of ether oxygens (including phenoxy) is 1. The second kappa shape index (κ2) is 5.49. The number of halogens is 3. The highest BCUT2D eigenvalue weighted by Gasteiger charge is 2.35. The van der Waals surface area contributed by atoms with Crippen LogP contribution in [0.4, 0.5) is 18.9 Å². The second-order valence-corrected chi connectivity index (χ2v) is 5.00. The SMILES string of the molecule is CC1CN(Cc2cc(N)c(O)c(C(F)(F)F)c2)CCO1. The zero-order valence-electron chi connectivity index (χ0n) is 11.1. The van der Waals surface area contributed by atoms with Gasteiger partial charge in [-0.2, -0.15) is 13.2 Å². The van der Waals surface area contributed by atoms with Gasteiger partial charge >= 0.3 is 6.18 Å². The Labute approximate surface area is 114 Å². The van der Waals surface area contributed by atoms with Crippen LogP contribution in [0.1, 0.15) is 18.1 Å². The first-order valence-electron chi connectivity index (χ1n) is 6.30. The summed E-state index contributed by atoms with van der Waals surface area (Å²) < 4.78 is 43.8. The van der Waals surface area contributed by atoms with E-state index in [1.165, 1.54) is 6.07 Å². The highest BCUT2D eigenvalue weighted by molar-refractivity contribution is 5.58. The van der Waals surface area contributed by atoms with Gasteiger partial charge in [0.2, 0.25) is 0 Å². The van der Waals surface area contributed by atoms with Gasteiger partial charge in [-0.1, -0.05) is 0 Å². The average Bonchev–Trinajstić information content (AvgIpc) is 2.32. The summed E-state index contributed by atoms with van der Waals surface area (Å²) >= 11 is 0. The van der Waals surface area contributed by atoms with Crippen molar-refractivity contribution in [2.75, 3.05) is 25.4 Å². The lowest BCUT2D eigenvalue weighted by Gasteiger charge is -2.31. The first kappa shape index (κ1) is 14.9. The highest BCUT2D eigenvalue weighted by Crippen LogP contribution is 2.39. The van der Waals surface area contributed by atoms with E-state index in [1.807, 2.05) is 11.8 Å². The maximum Gasteiger partial charge on any atom is 0.420 e. The minimum absolute atomic E-state index is 0.0558. The summed E-state index contributed by atoms with van der Waals surface area (Å²) in [4.78, 5) is 2.00. The molecule has 1 fully saturated rings. The molecule has 0 saturated carbocycles. The quantitative estimate of drug-likeness (QED) is 0.647. The molecule has 0 aromatic heterocycles. The smallest absolute Gasteiger partial charge is 0.420 e. The Kier molecular flexibility index (Phi) is 4.10. The summed E-state index contributed by atoms with van der Waals surface area (Å²) in [7, 11) is 0. The van der Waals surface area contributed by atoms with E-state index in [1.54, 1.807) is 0 Å². The number of morpholine rings is 1. The first-order valence-corrected chi connectivity index (χ1v) is 6.30. The molecular formula is C13H17F3N2O2. The number of hydrogen-bond donors (Lipinski definition) is 2. The van der Waals surface area contributed by atoms with Crippen molar-refractivity contribution in [2.24, 2.45) is 0 Å². The largest absolute Gasteiger partial charge is 0.505 e. The molecule has 0 aliphatic carbocycles.